The quantitative estimate of drug-likeness (QED) is 0.683. The van der Waals surface area contributed by atoms with Gasteiger partial charge in [0.05, 0.1) is 5.66 Å². The molecule has 0 aromatic heterocycles. The van der Waals surface area contributed by atoms with E-state index in [9.17, 15) is 4.57 Å². The highest BCUT2D eigenvalue weighted by Gasteiger charge is 2.29. The van der Waals surface area contributed by atoms with E-state index in [0.29, 0.717) is 24.7 Å². The lowest BCUT2D eigenvalue weighted by Gasteiger charge is -2.21. The van der Waals surface area contributed by atoms with E-state index in [1.54, 1.807) is 0 Å². The highest BCUT2D eigenvalue weighted by Crippen LogP contribution is 2.46. The first kappa shape index (κ1) is 13.2. The summed E-state index contributed by atoms with van der Waals surface area (Å²) in [4.78, 5) is 18.2. The van der Waals surface area contributed by atoms with Gasteiger partial charge in [0.2, 0.25) is 0 Å². The molecule has 0 bridgehead atoms. The lowest BCUT2D eigenvalue weighted by molar-refractivity contribution is 0.333. The Morgan fingerprint density at radius 3 is 1.46 bits per heavy atom. The zero-order valence-electron chi connectivity index (χ0n) is 8.90. The molecule has 0 radical (unpaired) electrons. The summed E-state index contributed by atoms with van der Waals surface area (Å²) in [7, 11) is -3.88. The third kappa shape index (κ3) is 6.25. The van der Waals surface area contributed by atoms with Gasteiger partial charge in [-0.15, -0.1) is 0 Å². The molecular formula is C9H21O3P. The number of hydrogen-bond acceptors (Lipinski definition) is 1. The monoisotopic (exact) mass is 208 g/mol. The maximum atomic E-state index is 11.1. The Balaban J connectivity index is 4.29. The van der Waals surface area contributed by atoms with Crippen LogP contribution in [-0.2, 0) is 4.57 Å². The second-order valence-electron chi connectivity index (χ2n) is 4.50. The van der Waals surface area contributed by atoms with Gasteiger partial charge >= 0.3 is 7.60 Å². The van der Waals surface area contributed by atoms with Crippen LogP contribution < -0.4 is 0 Å². The van der Waals surface area contributed by atoms with Crippen LogP contribution in [0, 0.1) is 11.8 Å². The Hall–Kier alpha value is 0.150. The second kappa shape index (κ2) is 5.14. The van der Waals surface area contributed by atoms with Crippen molar-refractivity contribution in [1.82, 2.24) is 0 Å². The fraction of sp³-hybridized carbons (Fsp3) is 1.00. The molecule has 0 aliphatic rings. The van der Waals surface area contributed by atoms with Crippen molar-refractivity contribution in [3.05, 3.63) is 0 Å². The van der Waals surface area contributed by atoms with Crippen LogP contribution in [0.15, 0.2) is 0 Å². The summed E-state index contributed by atoms with van der Waals surface area (Å²) < 4.78 is 11.1. The minimum Gasteiger partial charge on any atom is -0.324 e. The van der Waals surface area contributed by atoms with Crippen molar-refractivity contribution in [2.75, 3.05) is 0 Å². The Kier molecular flexibility index (Phi) is 5.19. The molecule has 0 aliphatic carbocycles. The number of hydrogen-bond donors (Lipinski definition) is 2. The van der Waals surface area contributed by atoms with Gasteiger partial charge < -0.3 is 9.79 Å². The van der Waals surface area contributed by atoms with Crippen molar-refractivity contribution in [1.29, 1.82) is 0 Å². The molecule has 0 rings (SSSR count). The van der Waals surface area contributed by atoms with Gasteiger partial charge in [-0.25, -0.2) is 0 Å². The van der Waals surface area contributed by atoms with E-state index in [2.05, 4.69) is 0 Å². The molecule has 2 N–H and O–H groups in total. The Morgan fingerprint density at radius 2 is 1.31 bits per heavy atom. The smallest absolute Gasteiger partial charge is 0.324 e. The molecule has 0 amide bonds. The van der Waals surface area contributed by atoms with Gasteiger partial charge in [0.15, 0.2) is 0 Å². The third-order valence-corrected chi connectivity index (χ3v) is 3.34. The van der Waals surface area contributed by atoms with Crippen LogP contribution in [0.5, 0.6) is 0 Å². The molecule has 80 valence electrons. The number of rotatable bonds is 5. The summed E-state index contributed by atoms with van der Waals surface area (Å²) in [6.07, 6.45) is 1.23. The van der Waals surface area contributed by atoms with Crippen LogP contribution in [0.4, 0.5) is 0 Å². The maximum absolute atomic E-state index is 11.1. The van der Waals surface area contributed by atoms with Crippen molar-refractivity contribution in [2.45, 2.75) is 46.2 Å². The van der Waals surface area contributed by atoms with Crippen LogP contribution in [0.2, 0.25) is 0 Å². The van der Waals surface area contributed by atoms with Crippen LogP contribution in [0.3, 0.4) is 0 Å². The molecule has 0 fully saturated rings. The van der Waals surface area contributed by atoms with E-state index in [4.69, 9.17) is 9.79 Å². The van der Waals surface area contributed by atoms with Crippen LogP contribution in [-0.4, -0.2) is 15.4 Å². The molecule has 0 unspecified atom stereocenters. The van der Waals surface area contributed by atoms with Crippen molar-refractivity contribution in [2.24, 2.45) is 11.8 Å². The highest BCUT2D eigenvalue weighted by atomic mass is 31.2. The molecule has 0 aromatic rings. The minimum absolute atomic E-state index is 0.344. The first-order valence-corrected chi connectivity index (χ1v) is 6.46. The van der Waals surface area contributed by atoms with E-state index >= 15 is 0 Å². The molecule has 0 aromatic carbocycles. The van der Waals surface area contributed by atoms with Gasteiger partial charge in [0, 0.05) is 0 Å². The normalized spacial score (nSPS) is 13.3. The maximum Gasteiger partial charge on any atom is 0.328 e. The standard InChI is InChI=1S/C9H21O3P/c1-7(2)5-9(6-8(3)4)13(10,11)12/h7-9H,5-6H2,1-4H3,(H2,10,11,12). The zero-order valence-corrected chi connectivity index (χ0v) is 9.79. The average Bonchev–Trinajstić information content (AvgIpc) is 1.81. The zero-order chi connectivity index (χ0) is 10.6. The van der Waals surface area contributed by atoms with Crippen molar-refractivity contribution < 1.29 is 14.4 Å². The van der Waals surface area contributed by atoms with Gasteiger partial charge in [-0.05, 0) is 24.7 Å². The molecule has 0 heterocycles. The van der Waals surface area contributed by atoms with E-state index in [1.807, 2.05) is 27.7 Å². The average molecular weight is 208 g/mol. The Bertz CT molecular complexity index is 173. The fourth-order valence-corrected chi connectivity index (χ4v) is 2.85. The SMILES string of the molecule is CC(C)CC(CC(C)C)P(=O)(O)O. The van der Waals surface area contributed by atoms with Crippen LogP contribution >= 0.6 is 7.60 Å². The van der Waals surface area contributed by atoms with E-state index < -0.39 is 13.3 Å². The first-order chi connectivity index (χ1) is 5.73. The third-order valence-electron chi connectivity index (χ3n) is 1.96. The topological polar surface area (TPSA) is 57.5 Å². The molecule has 13 heavy (non-hydrogen) atoms. The van der Waals surface area contributed by atoms with E-state index in [0.717, 1.165) is 0 Å². The first-order valence-electron chi connectivity index (χ1n) is 4.78. The molecule has 0 saturated carbocycles. The molecule has 0 spiro atoms. The molecule has 0 atom stereocenters. The predicted molar refractivity (Wildman–Crippen MR) is 54.7 cm³/mol. The lowest BCUT2D eigenvalue weighted by atomic mass is 10.0. The molecular weight excluding hydrogens is 187 g/mol. The molecule has 4 heteroatoms. The fourth-order valence-electron chi connectivity index (χ4n) is 1.46. The van der Waals surface area contributed by atoms with E-state index in [-0.39, 0.29) is 0 Å². The summed E-state index contributed by atoms with van der Waals surface area (Å²) in [5, 5.41) is 0. The van der Waals surface area contributed by atoms with Crippen molar-refractivity contribution >= 4 is 7.60 Å². The summed E-state index contributed by atoms with van der Waals surface area (Å²) in [5.74, 6) is 0.688. The van der Waals surface area contributed by atoms with Gasteiger partial charge in [-0.2, -0.15) is 0 Å². The Morgan fingerprint density at radius 1 is 1.00 bits per heavy atom. The lowest BCUT2D eigenvalue weighted by Crippen LogP contribution is -2.14. The largest absolute Gasteiger partial charge is 0.328 e. The van der Waals surface area contributed by atoms with Gasteiger partial charge in [0.1, 0.15) is 0 Å². The van der Waals surface area contributed by atoms with E-state index in [1.165, 1.54) is 0 Å². The highest BCUT2D eigenvalue weighted by molar-refractivity contribution is 7.52. The van der Waals surface area contributed by atoms with Crippen LogP contribution in [0.25, 0.3) is 0 Å². The predicted octanol–water partition coefficient (Wildman–Crippen LogP) is 2.62. The molecule has 0 saturated heterocycles. The molecule has 3 nitrogen and oxygen atoms in total. The van der Waals surface area contributed by atoms with Gasteiger partial charge in [0.25, 0.3) is 0 Å². The minimum atomic E-state index is -3.88. The van der Waals surface area contributed by atoms with Gasteiger partial charge in [-0.3, -0.25) is 4.57 Å². The second-order valence-corrected chi connectivity index (χ2v) is 6.41. The van der Waals surface area contributed by atoms with Crippen molar-refractivity contribution in [3.8, 4) is 0 Å². The van der Waals surface area contributed by atoms with Crippen LogP contribution in [0.1, 0.15) is 40.5 Å². The van der Waals surface area contributed by atoms with Crippen molar-refractivity contribution in [3.63, 3.8) is 0 Å². The summed E-state index contributed by atoms with van der Waals surface area (Å²) in [5.41, 5.74) is -0.451. The summed E-state index contributed by atoms with van der Waals surface area (Å²) in [6.45, 7) is 7.96. The summed E-state index contributed by atoms with van der Waals surface area (Å²) in [6, 6.07) is 0. The Labute approximate surface area is 80.7 Å². The summed E-state index contributed by atoms with van der Waals surface area (Å²) >= 11 is 0. The van der Waals surface area contributed by atoms with Gasteiger partial charge in [-0.1, -0.05) is 27.7 Å². The molecule has 0 aliphatic heterocycles.